The number of ether oxygens (including phenoxy) is 1. The van der Waals surface area contributed by atoms with Crippen LogP contribution in [0.2, 0.25) is 0 Å². The third kappa shape index (κ3) is 3.64. The second-order valence-corrected chi connectivity index (χ2v) is 5.38. The zero-order valence-electron chi connectivity index (χ0n) is 12.4. The maximum Gasteiger partial charge on any atom is 0.224 e. The lowest BCUT2D eigenvalue weighted by atomic mass is 10.2. The van der Waals surface area contributed by atoms with Crippen LogP contribution < -0.4 is 15.0 Å². The highest BCUT2D eigenvalue weighted by Gasteiger charge is 2.14. The molecule has 0 bridgehead atoms. The lowest BCUT2D eigenvalue weighted by Crippen LogP contribution is -2.15. The van der Waals surface area contributed by atoms with Gasteiger partial charge in [-0.05, 0) is 34.5 Å². The number of nitrogens with one attached hydrogen (secondary N) is 1. The summed E-state index contributed by atoms with van der Waals surface area (Å²) in [5.74, 6) is 2.21. The van der Waals surface area contributed by atoms with Gasteiger partial charge < -0.3 is 15.0 Å². The van der Waals surface area contributed by atoms with Crippen molar-refractivity contribution >= 4 is 33.4 Å². The largest absolute Gasteiger partial charge is 0.495 e. The van der Waals surface area contributed by atoms with Gasteiger partial charge in [-0.3, -0.25) is 0 Å². The second kappa shape index (κ2) is 7.26. The first-order chi connectivity index (χ1) is 10.2. The third-order valence-electron chi connectivity index (χ3n) is 3.02. The van der Waals surface area contributed by atoms with Gasteiger partial charge in [0.25, 0.3) is 0 Å². The molecule has 0 radical (unpaired) electrons. The number of methoxy groups -OCH3 is 1. The molecule has 2 rings (SSSR count). The topological polar surface area (TPSA) is 50.3 Å². The molecule has 0 unspecified atom stereocenters. The molecule has 6 heteroatoms. The summed E-state index contributed by atoms with van der Waals surface area (Å²) in [6, 6.07) is 7.84. The fourth-order valence-electron chi connectivity index (χ4n) is 1.94. The SMILES string of the molecule is CCCNc1ncc(Br)c(N(C)c2ccccc2OC)n1. The number of aromatic nitrogens is 2. The minimum Gasteiger partial charge on any atom is -0.495 e. The summed E-state index contributed by atoms with van der Waals surface area (Å²) in [6.07, 6.45) is 2.78. The van der Waals surface area contributed by atoms with Crippen LogP contribution >= 0.6 is 15.9 Å². The van der Waals surface area contributed by atoms with Crippen LogP contribution in [-0.2, 0) is 0 Å². The molecule has 5 nitrogen and oxygen atoms in total. The molecule has 1 aromatic heterocycles. The molecule has 0 atom stereocenters. The first-order valence-electron chi connectivity index (χ1n) is 6.80. The van der Waals surface area contributed by atoms with Gasteiger partial charge in [0, 0.05) is 19.8 Å². The van der Waals surface area contributed by atoms with Gasteiger partial charge in [-0.25, -0.2) is 4.98 Å². The number of hydrogen-bond acceptors (Lipinski definition) is 5. The molecular weight excluding hydrogens is 332 g/mol. The maximum atomic E-state index is 5.41. The van der Waals surface area contributed by atoms with Crippen LogP contribution in [0, 0.1) is 0 Å². The molecule has 0 saturated carbocycles. The molecule has 21 heavy (non-hydrogen) atoms. The fraction of sp³-hybridized carbons (Fsp3) is 0.333. The molecule has 0 aliphatic rings. The highest BCUT2D eigenvalue weighted by atomic mass is 79.9. The Kier molecular flexibility index (Phi) is 5.38. The molecular formula is C15H19BrN4O. The zero-order chi connectivity index (χ0) is 15.2. The zero-order valence-corrected chi connectivity index (χ0v) is 14.0. The van der Waals surface area contributed by atoms with Gasteiger partial charge >= 0.3 is 0 Å². The van der Waals surface area contributed by atoms with Crippen molar-refractivity contribution in [3.63, 3.8) is 0 Å². The maximum absolute atomic E-state index is 5.41. The van der Waals surface area contributed by atoms with Crippen LogP contribution in [0.3, 0.4) is 0 Å². The summed E-state index contributed by atoms with van der Waals surface area (Å²) in [5, 5.41) is 3.20. The van der Waals surface area contributed by atoms with Crippen molar-refractivity contribution in [3.05, 3.63) is 34.9 Å². The molecule has 1 heterocycles. The number of benzene rings is 1. The van der Waals surface area contributed by atoms with Crippen molar-refractivity contribution in [1.29, 1.82) is 0 Å². The summed E-state index contributed by atoms with van der Waals surface area (Å²) in [5.41, 5.74) is 0.945. The van der Waals surface area contributed by atoms with Crippen molar-refractivity contribution in [3.8, 4) is 5.75 Å². The minimum atomic E-state index is 0.622. The highest BCUT2D eigenvalue weighted by Crippen LogP contribution is 2.34. The number of halogens is 1. The van der Waals surface area contributed by atoms with E-state index in [0.29, 0.717) is 5.95 Å². The van der Waals surface area contributed by atoms with Crippen molar-refractivity contribution in [1.82, 2.24) is 9.97 Å². The monoisotopic (exact) mass is 350 g/mol. The van der Waals surface area contributed by atoms with E-state index < -0.39 is 0 Å². The van der Waals surface area contributed by atoms with Gasteiger partial charge in [0.1, 0.15) is 5.75 Å². The molecule has 0 saturated heterocycles. The Hall–Kier alpha value is -1.82. The Balaban J connectivity index is 2.35. The predicted octanol–water partition coefficient (Wildman–Crippen LogP) is 3.84. The van der Waals surface area contributed by atoms with Crippen molar-refractivity contribution in [2.45, 2.75) is 13.3 Å². The van der Waals surface area contributed by atoms with E-state index in [-0.39, 0.29) is 0 Å². The number of rotatable bonds is 6. The highest BCUT2D eigenvalue weighted by molar-refractivity contribution is 9.10. The number of anilines is 3. The lowest BCUT2D eigenvalue weighted by molar-refractivity contribution is 0.415. The van der Waals surface area contributed by atoms with E-state index >= 15 is 0 Å². The molecule has 1 N–H and O–H groups in total. The van der Waals surface area contributed by atoms with Crippen LogP contribution in [0.4, 0.5) is 17.5 Å². The van der Waals surface area contributed by atoms with E-state index in [4.69, 9.17) is 4.74 Å². The van der Waals surface area contributed by atoms with E-state index in [9.17, 15) is 0 Å². The Morgan fingerprint density at radius 3 is 2.81 bits per heavy atom. The molecule has 2 aromatic rings. The molecule has 112 valence electrons. The van der Waals surface area contributed by atoms with E-state index in [2.05, 4.69) is 38.1 Å². The van der Waals surface area contributed by atoms with Gasteiger partial charge in [0.05, 0.1) is 17.3 Å². The predicted molar refractivity (Wildman–Crippen MR) is 89.6 cm³/mol. The van der Waals surface area contributed by atoms with Crippen molar-refractivity contribution in [2.75, 3.05) is 30.9 Å². The van der Waals surface area contributed by atoms with Crippen LogP contribution in [0.5, 0.6) is 5.75 Å². The first-order valence-corrected chi connectivity index (χ1v) is 7.59. The average Bonchev–Trinajstić information content (AvgIpc) is 2.53. The summed E-state index contributed by atoms with van der Waals surface area (Å²) in [4.78, 5) is 10.8. The average molecular weight is 351 g/mol. The van der Waals surface area contributed by atoms with Gasteiger partial charge in [-0.15, -0.1) is 0 Å². The van der Waals surface area contributed by atoms with Crippen molar-refractivity contribution < 1.29 is 4.74 Å². The number of para-hydroxylation sites is 2. The smallest absolute Gasteiger partial charge is 0.224 e. The first kappa shape index (κ1) is 15.6. The summed E-state index contributed by atoms with van der Waals surface area (Å²) < 4.78 is 6.24. The molecule has 0 aliphatic carbocycles. The van der Waals surface area contributed by atoms with Gasteiger partial charge in [0.15, 0.2) is 5.82 Å². The fourth-order valence-corrected chi connectivity index (χ4v) is 2.39. The van der Waals surface area contributed by atoms with Crippen molar-refractivity contribution in [2.24, 2.45) is 0 Å². The van der Waals surface area contributed by atoms with Gasteiger partial charge in [0.2, 0.25) is 5.95 Å². The van der Waals surface area contributed by atoms with Crippen LogP contribution in [0.1, 0.15) is 13.3 Å². The Morgan fingerprint density at radius 2 is 2.10 bits per heavy atom. The lowest BCUT2D eigenvalue weighted by Gasteiger charge is -2.22. The van der Waals surface area contributed by atoms with E-state index in [0.717, 1.165) is 34.7 Å². The molecule has 1 aromatic carbocycles. The standard InChI is InChI=1S/C15H19BrN4O/c1-4-9-17-15-18-10-11(16)14(19-15)20(2)12-7-5-6-8-13(12)21-3/h5-8,10H,4,9H2,1-3H3,(H,17,18,19). The summed E-state index contributed by atoms with van der Waals surface area (Å²) >= 11 is 3.51. The summed E-state index contributed by atoms with van der Waals surface area (Å²) in [6.45, 7) is 2.95. The second-order valence-electron chi connectivity index (χ2n) is 4.52. The number of hydrogen-bond donors (Lipinski definition) is 1. The van der Waals surface area contributed by atoms with E-state index in [1.165, 1.54) is 0 Å². The number of nitrogens with zero attached hydrogens (tertiary/aromatic N) is 3. The molecule has 0 amide bonds. The molecule has 0 fully saturated rings. The Bertz CT molecular complexity index is 606. The Labute approximate surface area is 133 Å². The molecule has 0 spiro atoms. The third-order valence-corrected chi connectivity index (χ3v) is 3.58. The normalized spacial score (nSPS) is 10.3. The van der Waals surface area contributed by atoms with Crippen LogP contribution in [0.25, 0.3) is 0 Å². The van der Waals surface area contributed by atoms with Crippen LogP contribution in [-0.4, -0.2) is 30.7 Å². The van der Waals surface area contributed by atoms with Crippen LogP contribution in [0.15, 0.2) is 34.9 Å². The Morgan fingerprint density at radius 1 is 1.33 bits per heavy atom. The van der Waals surface area contributed by atoms with E-state index in [1.807, 2.05) is 36.2 Å². The van der Waals surface area contributed by atoms with E-state index in [1.54, 1.807) is 13.3 Å². The molecule has 0 aliphatic heterocycles. The minimum absolute atomic E-state index is 0.622. The summed E-state index contributed by atoms with van der Waals surface area (Å²) in [7, 11) is 3.62. The van der Waals surface area contributed by atoms with Gasteiger partial charge in [-0.1, -0.05) is 19.1 Å². The quantitative estimate of drug-likeness (QED) is 0.857. The van der Waals surface area contributed by atoms with Gasteiger partial charge in [-0.2, -0.15) is 4.98 Å².